The average molecular weight is 845 g/mol. The number of aromatic carboxylic acids is 1. The number of carbonyl (C=O) groups is 4. The minimum atomic E-state index is -1.35. The molecule has 0 radical (unpaired) electrons. The Balaban J connectivity index is 0.855. The SMILES string of the molecule is CN(C)c1ccc2c(-c3cc(C(=O)NCCCOc4ccccc4COCC4CN(C(=O)N5CC[C@@H]6OCC(=O)N[C@@H]6C5)C4)ccc3C(=O)[O-])c3ccc(=[N+](C)C)cc-3oc2c1. The number of morpholine rings is 1. The van der Waals surface area contributed by atoms with Crippen LogP contribution in [0.3, 0.4) is 0 Å². The van der Waals surface area contributed by atoms with Crippen molar-refractivity contribution in [2.45, 2.75) is 31.6 Å². The zero-order valence-corrected chi connectivity index (χ0v) is 35.5. The summed E-state index contributed by atoms with van der Waals surface area (Å²) in [5, 5.41) is 20.1. The highest BCUT2D eigenvalue weighted by Gasteiger charge is 2.40. The van der Waals surface area contributed by atoms with Gasteiger partial charge in [-0.3, -0.25) is 9.59 Å². The lowest BCUT2D eigenvalue weighted by atomic mass is 9.89. The number of para-hydroxylation sites is 1. The Labute approximate surface area is 359 Å². The summed E-state index contributed by atoms with van der Waals surface area (Å²) < 4.78 is 26.2. The molecule has 0 saturated carbocycles. The molecule has 3 fully saturated rings. The van der Waals surface area contributed by atoms with Crippen LogP contribution in [0.5, 0.6) is 5.75 Å². The molecule has 324 valence electrons. The van der Waals surface area contributed by atoms with Crippen LogP contribution in [0.25, 0.3) is 33.4 Å². The first kappa shape index (κ1) is 42.2. The van der Waals surface area contributed by atoms with Crippen molar-refractivity contribution in [2.24, 2.45) is 5.92 Å². The number of amides is 4. The molecule has 15 heteroatoms. The van der Waals surface area contributed by atoms with Gasteiger partial charge < -0.3 is 53.9 Å². The Morgan fingerprint density at radius 2 is 1.79 bits per heavy atom. The van der Waals surface area contributed by atoms with Gasteiger partial charge in [0.25, 0.3) is 5.91 Å². The van der Waals surface area contributed by atoms with Crippen molar-refractivity contribution in [1.82, 2.24) is 25.0 Å². The molecule has 0 bridgehead atoms. The lowest BCUT2D eigenvalue weighted by Crippen LogP contribution is -2.64. The first-order chi connectivity index (χ1) is 29.9. The number of ether oxygens (including phenoxy) is 3. The average Bonchev–Trinajstić information content (AvgIpc) is 3.25. The van der Waals surface area contributed by atoms with E-state index in [-0.39, 0.29) is 48.1 Å². The topological polar surface area (TPSA) is 169 Å². The number of hydrogen-bond donors (Lipinski definition) is 2. The van der Waals surface area contributed by atoms with Crippen LogP contribution in [0, 0.1) is 5.92 Å². The van der Waals surface area contributed by atoms with Crippen LogP contribution < -0.4 is 35.3 Å². The number of anilines is 1. The first-order valence-corrected chi connectivity index (χ1v) is 21.0. The van der Waals surface area contributed by atoms with Gasteiger partial charge in [0.05, 0.1) is 44.0 Å². The Hall–Kier alpha value is -6.45. The fraction of sp³-hybridized carbons (Fsp3) is 0.383. The van der Waals surface area contributed by atoms with Crippen molar-refractivity contribution in [2.75, 3.05) is 85.6 Å². The normalized spacial score (nSPS) is 17.6. The number of fused-ring (bicyclic) bond motifs is 3. The lowest BCUT2D eigenvalue weighted by molar-refractivity contribution is -0.254. The Morgan fingerprint density at radius 1 is 0.968 bits per heavy atom. The summed E-state index contributed by atoms with van der Waals surface area (Å²) in [6.45, 7) is 3.89. The molecule has 8 rings (SSSR count). The number of likely N-dealkylation sites (tertiary alicyclic amines) is 2. The summed E-state index contributed by atoms with van der Waals surface area (Å²) >= 11 is 0. The molecule has 3 saturated heterocycles. The number of piperidine rings is 1. The highest BCUT2D eigenvalue weighted by molar-refractivity contribution is 6.09. The van der Waals surface area contributed by atoms with E-state index >= 15 is 0 Å². The zero-order chi connectivity index (χ0) is 43.5. The minimum absolute atomic E-state index is 0.0167. The van der Waals surface area contributed by atoms with Crippen LogP contribution in [0.15, 0.2) is 83.3 Å². The summed E-state index contributed by atoms with van der Waals surface area (Å²) in [6.07, 6.45) is 1.19. The summed E-state index contributed by atoms with van der Waals surface area (Å²) in [5.74, 6) is -0.351. The predicted octanol–water partition coefficient (Wildman–Crippen LogP) is 3.02. The van der Waals surface area contributed by atoms with Crippen LogP contribution in [0.2, 0.25) is 0 Å². The molecule has 1 aliphatic carbocycles. The highest BCUT2D eigenvalue weighted by atomic mass is 16.5. The molecule has 0 spiro atoms. The number of nitrogens with zero attached hydrogens (tertiary/aromatic N) is 4. The molecule has 5 aliphatic rings. The molecule has 15 nitrogen and oxygen atoms in total. The molecule has 4 amide bonds. The van der Waals surface area contributed by atoms with E-state index in [4.69, 9.17) is 18.6 Å². The van der Waals surface area contributed by atoms with E-state index in [1.807, 2.05) is 103 Å². The van der Waals surface area contributed by atoms with Crippen LogP contribution in [-0.4, -0.2) is 126 Å². The Morgan fingerprint density at radius 3 is 2.58 bits per heavy atom. The lowest BCUT2D eigenvalue weighted by Gasteiger charge is -2.46. The second-order valence-electron chi connectivity index (χ2n) is 16.6. The first-order valence-electron chi connectivity index (χ1n) is 21.0. The van der Waals surface area contributed by atoms with Crippen molar-refractivity contribution in [3.05, 3.63) is 101 Å². The maximum absolute atomic E-state index is 13.6. The maximum atomic E-state index is 13.6. The zero-order valence-electron chi connectivity index (χ0n) is 35.5. The van der Waals surface area contributed by atoms with Gasteiger partial charge in [-0.05, 0) is 54.8 Å². The van der Waals surface area contributed by atoms with E-state index in [9.17, 15) is 24.3 Å². The third-order valence-electron chi connectivity index (χ3n) is 11.8. The van der Waals surface area contributed by atoms with Gasteiger partial charge in [0, 0.05) is 104 Å². The number of nitrogens with one attached hydrogen (secondary N) is 2. The summed E-state index contributed by atoms with van der Waals surface area (Å²) in [7, 11) is 7.74. The molecule has 3 aromatic rings. The van der Waals surface area contributed by atoms with Gasteiger partial charge in [-0.2, -0.15) is 0 Å². The van der Waals surface area contributed by atoms with Crippen molar-refractivity contribution < 1.29 is 42.9 Å². The largest absolute Gasteiger partial charge is 0.545 e. The second kappa shape index (κ2) is 18.3. The highest BCUT2D eigenvalue weighted by Crippen LogP contribution is 2.42. The number of carboxylic acid groups (broad SMARTS) is 1. The van der Waals surface area contributed by atoms with E-state index < -0.39 is 5.97 Å². The van der Waals surface area contributed by atoms with Crippen LogP contribution in [0.4, 0.5) is 10.5 Å². The molecule has 2 atom stereocenters. The number of benzene rings is 4. The summed E-state index contributed by atoms with van der Waals surface area (Å²) in [6, 6.07) is 23.6. The Kier molecular flexibility index (Phi) is 12.4. The van der Waals surface area contributed by atoms with Crippen LogP contribution in [-0.2, 0) is 20.9 Å². The van der Waals surface area contributed by atoms with Crippen molar-refractivity contribution in [3.63, 3.8) is 0 Å². The van der Waals surface area contributed by atoms with E-state index in [2.05, 4.69) is 10.6 Å². The number of carboxylic acids is 1. The molecular weight excluding hydrogens is 793 g/mol. The molecule has 4 heterocycles. The molecule has 4 aliphatic heterocycles. The van der Waals surface area contributed by atoms with Crippen LogP contribution in [0.1, 0.15) is 39.1 Å². The molecule has 62 heavy (non-hydrogen) atoms. The van der Waals surface area contributed by atoms with Gasteiger partial charge in [-0.1, -0.05) is 24.3 Å². The number of urea groups is 1. The molecular formula is C47H52N6O9. The van der Waals surface area contributed by atoms with Crippen molar-refractivity contribution in [1.29, 1.82) is 0 Å². The predicted molar refractivity (Wildman–Crippen MR) is 231 cm³/mol. The fourth-order valence-corrected chi connectivity index (χ4v) is 8.35. The van der Waals surface area contributed by atoms with Gasteiger partial charge >= 0.3 is 6.03 Å². The van der Waals surface area contributed by atoms with E-state index in [0.717, 1.165) is 16.6 Å². The summed E-state index contributed by atoms with van der Waals surface area (Å²) in [4.78, 5) is 56.6. The van der Waals surface area contributed by atoms with Gasteiger partial charge in [0.2, 0.25) is 11.3 Å². The smallest absolute Gasteiger partial charge is 0.320 e. The van der Waals surface area contributed by atoms with E-state index in [1.165, 1.54) is 12.1 Å². The quantitative estimate of drug-likeness (QED) is 0.102. The standard InChI is InChI=1S/C47H52N6O9/c1-50(2)32-11-14-35-41(21-32)62-42-22-33(51(3)4)12-15-36(42)44(35)37-20-30(10-13-34(37)46(56)57)45(55)48-17-7-19-60-39-9-6-5-8-31(39)27-59-26-29-23-53(24-29)47(58)52-18-16-40-38(25-52)49-43(54)28-61-40/h5-6,8-15,20-22,29,38,40H,7,16-19,23-28H2,1-4H3,(H2-,48,49,54,55,56,57)/t38-,40+/m1/s1. The van der Waals surface area contributed by atoms with Gasteiger partial charge in [-0.15, -0.1) is 0 Å². The van der Waals surface area contributed by atoms with Gasteiger partial charge in [0.15, 0.2) is 0 Å². The molecule has 3 aromatic carbocycles. The third-order valence-corrected chi connectivity index (χ3v) is 11.8. The summed E-state index contributed by atoms with van der Waals surface area (Å²) in [5.41, 5.74) is 4.33. The van der Waals surface area contributed by atoms with Gasteiger partial charge in [-0.25, -0.2) is 9.37 Å². The number of rotatable bonds is 13. The molecule has 0 unspecified atom stereocenters. The van der Waals surface area contributed by atoms with Crippen molar-refractivity contribution in [3.8, 4) is 28.2 Å². The Bertz CT molecular complexity index is 2540. The monoisotopic (exact) mass is 844 g/mol. The second-order valence-corrected chi connectivity index (χ2v) is 16.6. The van der Waals surface area contributed by atoms with Gasteiger partial charge in [0.1, 0.15) is 37.8 Å². The molecule has 2 N–H and O–H groups in total. The fourth-order valence-electron chi connectivity index (χ4n) is 8.35. The maximum Gasteiger partial charge on any atom is 0.320 e. The minimum Gasteiger partial charge on any atom is -0.545 e. The van der Waals surface area contributed by atoms with Crippen molar-refractivity contribution >= 4 is 40.5 Å². The van der Waals surface area contributed by atoms with E-state index in [1.54, 1.807) is 11.0 Å². The molecule has 0 aromatic heterocycles. The number of hydrogen-bond acceptors (Lipinski definition) is 10. The number of carbonyl (C=O) groups excluding carboxylic acids is 4. The van der Waals surface area contributed by atoms with Crippen LogP contribution >= 0.6 is 0 Å². The third kappa shape index (κ3) is 9.09. The van der Waals surface area contributed by atoms with E-state index in [0.29, 0.717) is 110 Å².